The molecule has 0 spiro atoms. The maximum atomic E-state index is 13.1. The van der Waals surface area contributed by atoms with Gasteiger partial charge in [0.15, 0.2) is 0 Å². The number of carbonyl (C=O) groups is 1. The molecule has 0 radical (unpaired) electrons. The van der Waals surface area contributed by atoms with Crippen LogP contribution in [-0.4, -0.2) is 59.1 Å². The van der Waals surface area contributed by atoms with Crippen molar-refractivity contribution >= 4 is 17.3 Å². The molecular weight excluding hydrogens is 376 g/mol. The number of piperidine rings is 1. The highest BCUT2D eigenvalue weighted by atomic mass is 32.1. The highest BCUT2D eigenvalue weighted by molar-refractivity contribution is 7.09. The van der Waals surface area contributed by atoms with Gasteiger partial charge < -0.3 is 9.30 Å². The average molecular weight is 403 g/mol. The molecule has 4 rings (SSSR count). The molecule has 1 fully saturated rings. The number of methoxy groups -OCH3 is 1. The van der Waals surface area contributed by atoms with E-state index in [0.29, 0.717) is 18.4 Å². The molecule has 2 bridgehead atoms. The van der Waals surface area contributed by atoms with Crippen molar-refractivity contribution in [1.29, 1.82) is 0 Å². The fourth-order valence-electron chi connectivity index (χ4n) is 4.49. The molecule has 0 saturated carbocycles. The Balaban J connectivity index is 1.50. The van der Waals surface area contributed by atoms with E-state index in [1.807, 2.05) is 34.2 Å². The lowest BCUT2D eigenvalue weighted by atomic mass is 9.83. The summed E-state index contributed by atoms with van der Waals surface area (Å²) in [6.07, 6.45) is 3.01. The Morgan fingerprint density at radius 2 is 2.21 bits per heavy atom. The van der Waals surface area contributed by atoms with E-state index >= 15 is 0 Å². The zero-order valence-electron chi connectivity index (χ0n) is 16.3. The summed E-state index contributed by atoms with van der Waals surface area (Å²) in [6.45, 7) is 4.26. The van der Waals surface area contributed by atoms with Gasteiger partial charge in [-0.1, -0.05) is 6.07 Å². The van der Waals surface area contributed by atoms with E-state index in [1.165, 1.54) is 7.11 Å². The predicted octanol–water partition coefficient (Wildman–Crippen LogP) is 1.53. The maximum absolute atomic E-state index is 13.1. The first-order valence-corrected chi connectivity index (χ1v) is 10.5. The summed E-state index contributed by atoms with van der Waals surface area (Å²) in [5.41, 5.74) is 1.96. The first kappa shape index (κ1) is 19.3. The number of ether oxygens (including phenoxy) is 1. The van der Waals surface area contributed by atoms with Gasteiger partial charge in [0.1, 0.15) is 5.01 Å². The van der Waals surface area contributed by atoms with Gasteiger partial charge in [0.2, 0.25) is 0 Å². The number of hydrogen-bond donors (Lipinski definition) is 0. The first-order valence-electron chi connectivity index (χ1n) is 9.62. The molecule has 0 amide bonds. The molecule has 2 atom stereocenters. The lowest BCUT2D eigenvalue weighted by molar-refractivity contribution is -0.141. The van der Waals surface area contributed by atoms with Crippen LogP contribution in [0.15, 0.2) is 28.5 Å². The number of hydrogen-bond acceptors (Lipinski definition) is 7. The van der Waals surface area contributed by atoms with Crippen LogP contribution in [0.25, 0.3) is 0 Å². The third-order valence-electron chi connectivity index (χ3n) is 5.67. The lowest BCUT2D eigenvalue weighted by Gasteiger charge is -2.42. The van der Waals surface area contributed by atoms with E-state index in [2.05, 4.69) is 16.0 Å². The molecule has 150 valence electrons. The van der Waals surface area contributed by atoms with E-state index in [1.54, 1.807) is 11.3 Å². The van der Waals surface area contributed by atoms with Gasteiger partial charge in [0, 0.05) is 54.9 Å². The Morgan fingerprint density at radius 1 is 1.36 bits per heavy atom. The minimum absolute atomic E-state index is 0.0808. The number of fused-ring (bicyclic) bond motifs is 4. The third kappa shape index (κ3) is 4.04. The molecule has 8 heteroatoms. The highest BCUT2D eigenvalue weighted by Crippen LogP contribution is 2.35. The fourth-order valence-corrected chi connectivity index (χ4v) is 5.15. The molecule has 2 aliphatic heterocycles. The van der Waals surface area contributed by atoms with Gasteiger partial charge in [-0.2, -0.15) is 0 Å². The van der Waals surface area contributed by atoms with Crippen LogP contribution in [-0.2, 0) is 29.2 Å². The predicted molar refractivity (Wildman–Crippen MR) is 107 cm³/mol. The van der Waals surface area contributed by atoms with Crippen molar-refractivity contribution in [2.75, 3.05) is 33.8 Å². The normalized spacial score (nSPS) is 21.5. The molecule has 0 unspecified atom stereocenters. The number of rotatable bonds is 6. The van der Waals surface area contributed by atoms with Crippen LogP contribution in [0.4, 0.5) is 0 Å². The monoisotopic (exact) mass is 402 g/mol. The van der Waals surface area contributed by atoms with Crippen LogP contribution >= 0.6 is 11.3 Å². The maximum Gasteiger partial charge on any atom is 0.319 e. The molecule has 0 N–H and O–H groups in total. The second kappa shape index (κ2) is 8.14. The van der Waals surface area contributed by atoms with Crippen LogP contribution in [0.5, 0.6) is 0 Å². The molecule has 2 aromatic heterocycles. The lowest BCUT2D eigenvalue weighted by Crippen LogP contribution is -2.47. The molecule has 28 heavy (non-hydrogen) atoms. The molecule has 4 heterocycles. The van der Waals surface area contributed by atoms with Crippen molar-refractivity contribution in [1.82, 2.24) is 19.4 Å². The molecule has 2 aromatic rings. The van der Waals surface area contributed by atoms with Gasteiger partial charge >= 0.3 is 5.97 Å². The topological polar surface area (TPSA) is 67.7 Å². The highest BCUT2D eigenvalue weighted by Gasteiger charge is 2.35. The van der Waals surface area contributed by atoms with Crippen molar-refractivity contribution in [2.24, 2.45) is 5.92 Å². The van der Waals surface area contributed by atoms with E-state index in [4.69, 9.17) is 4.74 Å². The largest absolute Gasteiger partial charge is 0.468 e. The quantitative estimate of drug-likeness (QED) is 0.683. The second-order valence-electron chi connectivity index (χ2n) is 7.87. The number of carbonyl (C=O) groups excluding carboxylic acids is 1. The van der Waals surface area contributed by atoms with Crippen molar-refractivity contribution in [3.05, 3.63) is 50.3 Å². The summed E-state index contributed by atoms with van der Waals surface area (Å²) in [7, 11) is 3.20. The molecule has 7 nitrogen and oxygen atoms in total. The van der Waals surface area contributed by atoms with Gasteiger partial charge in [-0.25, -0.2) is 4.98 Å². The number of likely N-dealkylation sites (tertiary alicyclic amines) is 1. The smallest absolute Gasteiger partial charge is 0.319 e. The summed E-state index contributed by atoms with van der Waals surface area (Å²) in [6, 6.07) is 4.04. The van der Waals surface area contributed by atoms with Crippen molar-refractivity contribution in [3.63, 3.8) is 0 Å². The van der Waals surface area contributed by atoms with Gasteiger partial charge in [0.25, 0.3) is 5.56 Å². The second-order valence-corrected chi connectivity index (χ2v) is 8.85. The van der Waals surface area contributed by atoms with E-state index < -0.39 is 0 Å². The standard InChI is InChI=1S/C20H26N4O3S/c1-22(13-19(25)27-2)10-15-3-4-17-16-7-14(9-24(17)20(15)26)8-23(11-16)12-18-21-5-6-28-18/h3-6,14,16H,7-13H2,1-2H3/t14-,16+/m0/s1. The number of nitrogens with zero attached hydrogens (tertiary/aromatic N) is 4. The minimum Gasteiger partial charge on any atom is -0.468 e. The number of likely N-dealkylation sites (N-methyl/N-ethyl adjacent to an activating group) is 1. The van der Waals surface area contributed by atoms with E-state index in [9.17, 15) is 9.59 Å². The number of aromatic nitrogens is 2. The summed E-state index contributed by atoms with van der Waals surface area (Å²) >= 11 is 1.70. The minimum atomic E-state index is -0.296. The number of esters is 1. The van der Waals surface area contributed by atoms with Crippen molar-refractivity contribution in [2.45, 2.75) is 32.0 Å². The Morgan fingerprint density at radius 3 is 2.96 bits per heavy atom. The fraction of sp³-hybridized carbons (Fsp3) is 0.550. The van der Waals surface area contributed by atoms with Crippen molar-refractivity contribution in [3.8, 4) is 0 Å². The Bertz CT molecular complexity index is 895. The van der Waals surface area contributed by atoms with Crippen LogP contribution in [0, 0.1) is 5.92 Å². The molecule has 0 aliphatic carbocycles. The molecule has 1 saturated heterocycles. The summed E-state index contributed by atoms with van der Waals surface area (Å²) in [5.74, 6) is 0.587. The van der Waals surface area contributed by atoms with E-state index in [-0.39, 0.29) is 18.1 Å². The summed E-state index contributed by atoms with van der Waals surface area (Å²) in [5, 5.41) is 3.18. The summed E-state index contributed by atoms with van der Waals surface area (Å²) < 4.78 is 6.68. The van der Waals surface area contributed by atoms with Crippen LogP contribution in [0.3, 0.4) is 0 Å². The first-order chi connectivity index (χ1) is 13.5. The Kier molecular flexibility index (Phi) is 5.61. The van der Waals surface area contributed by atoms with E-state index in [0.717, 1.165) is 48.9 Å². The number of pyridine rings is 1. The third-order valence-corrected chi connectivity index (χ3v) is 6.43. The van der Waals surface area contributed by atoms with Crippen LogP contribution in [0.1, 0.15) is 28.6 Å². The van der Waals surface area contributed by atoms with Gasteiger partial charge in [-0.05, 0) is 25.5 Å². The molecule has 2 aliphatic rings. The SMILES string of the molecule is COC(=O)CN(C)Cc1ccc2n(c1=O)C[C@H]1C[C@@H]2CN(Cc2nccs2)C1. The zero-order valence-corrected chi connectivity index (χ0v) is 17.2. The van der Waals surface area contributed by atoms with Crippen LogP contribution < -0.4 is 5.56 Å². The average Bonchev–Trinajstić information content (AvgIpc) is 3.17. The van der Waals surface area contributed by atoms with Crippen molar-refractivity contribution < 1.29 is 9.53 Å². The molecule has 0 aromatic carbocycles. The zero-order chi connectivity index (χ0) is 19.7. The summed E-state index contributed by atoms with van der Waals surface area (Å²) in [4.78, 5) is 33.2. The van der Waals surface area contributed by atoms with Gasteiger partial charge in [-0.15, -0.1) is 11.3 Å². The van der Waals surface area contributed by atoms with Gasteiger partial charge in [0.05, 0.1) is 20.2 Å². The Hall–Kier alpha value is -2.03. The molecular formula is C20H26N4O3S. The number of thiazole rings is 1. The Labute approximate surface area is 168 Å². The van der Waals surface area contributed by atoms with Gasteiger partial charge in [-0.3, -0.25) is 19.4 Å². The van der Waals surface area contributed by atoms with Crippen LogP contribution in [0.2, 0.25) is 0 Å².